The van der Waals surface area contributed by atoms with Crippen LogP contribution in [0, 0.1) is 0 Å². The summed E-state index contributed by atoms with van der Waals surface area (Å²) >= 11 is 0. The lowest BCUT2D eigenvalue weighted by Crippen LogP contribution is -2.44. The van der Waals surface area contributed by atoms with Crippen LogP contribution in [0.1, 0.15) is 51.0 Å². The number of aromatic nitrogens is 3. The third-order valence-corrected chi connectivity index (χ3v) is 4.89. The van der Waals surface area contributed by atoms with Crippen molar-refractivity contribution < 1.29 is 4.74 Å². The van der Waals surface area contributed by atoms with E-state index in [1.165, 1.54) is 5.56 Å². The lowest BCUT2D eigenvalue weighted by Gasteiger charge is -2.29. The molecule has 2 unspecified atom stereocenters. The first-order valence-corrected chi connectivity index (χ1v) is 9.87. The number of benzene rings is 1. The minimum Gasteiger partial charge on any atom is -0.493 e. The highest BCUT2D eigenvalue weighted by Crippen LogP contribution is 2.31. The summed E-state index contributed by atoms with van der Waals surface area (Å²) < 4.78 is 7.84. The topological polar surface area (TPSA) is 76.4 Å². The average molecular weight is 498 g/mol. The first kappa shape index (κ1) is 22.4. The number of hydrogen-bond acceptors (Lipinski definition) is 4. The predicted octanol–water partition coefficient (Wildman–Crippen LogP) is 3.32. The molecule has 2 heterocycles. The van der Waals surface area contributed by atoms with Crippen LogP contribution in [0.2, 0.25) is 0 Å². The van der Waals surface area contributed by atoms with Crippen molar-refractivity contribution in [1.82, 2.24) is 25.4 Å². The lowest BCUT2D eigenvalue weighted by atomic mass is 10.0. The van der Waals surface area contributed by atoms with Gasteiger partial charge in [-0.2, -0.15) is 0 Å². The molecule has 0 radical (unpaired) electrons. The molecule has 0 bridgehead atoms. The molecular formula is C20H31IN6O. The lowest BCUT2D eigenvalue weighted by molar-refractivity contribution is 0.261. The van der Waals surface area contributed by atoms with Gasteiger partial charge in [-0.05, 0) is 19.4 Å². The van der Waals surface area contributed by atoms with E-state index in [-0.39, 0.29) is 30.0 Å². The van der Waals surface area contributed by atoms with Crippen LogP contribution < -0.4 is 15.4 Å². The van der Waals surface area contributed by atoms with Crippen LogP contribution in [0.5, 0.6) is 5.75 Å². The summed E-state index contributed by atoms with van der Waals surface area (Å²) in [6.07, 6.45) is 4.61. The van der Waals surface area contributed by atoms with E-state index in [9.17, 15) is 0 Å². The van der Waals surface area contributed by atoms with Crippen LogP contribution in [-0.4, -0.2) is 39.9 Å². The molecule has 0 fully saturated rings. The Kier molecular flexibility index (Phi) is 9.01. The maximum atomic E-state index is 5.78. The first-order valence-electron chi connectivity index (χ1n) is 9.87. The Morgan fingerprint density at radius 2 is 2.18 bits per heavy atom. The molecule has 0 saturated heterocycles. The zero-order valence-corrected chi connectivity index (χ0v) is 19.2. The van der Waals surface area contributed by atoms with Crippen molar-refractivity contribution in [2.45, 2.75) is 58.7 Å². The van der Waals surface area contributed by atoms with Crippen molar-refractivity contribution >= 4 is 29.9 Å². The Morgan fingerprint density at radius 3 is 2.96 bits per heavy atom. The minimum atomic E-state index is 0. The third kappa shape index (κ3) is 5.83. The number of fused-ring (bicyclic) bond motifs is 1. The third-order valence-electron chi connectivity index (χ3n) is 4.89. The fourth-order valence-electron chi connectivity index (χ4n) is 3.13. The Bertz CT molecular complexity index is 763. The van der Waals surface area contributed by atoms with E-state index >= 15 is 0 Å². The van der Waals surface area contributed by atoms with E-state index < -0.39 is 0 Å². The molecule has 3 rings (SSSR count). The molecular weight excluding hydrogens is 467 g/mol. The molecule has 154 valence electrons. The molecule has 2 N–H and O–H groups in total. The number of guanidine groups is 1. The van der Waals surface area contributed by atoms with E-state index in [4.69, 9.17) is 9.73 Å². The second-order valence-electron chi connectivity index (χ2n) is 6.85. The summed E-state index contributed by atoms with van der Waals surface area (Å²) in [5.41, 5.74) is 1.19. The maximum Gasteiger partial charge on any atom is 0.192 e. The molecule has 0 spiro atoms. The Balaban J connectivity index is 0.00000280. The van der Waals surface area contributed by atoms with E-state index in [0.29, 0.717) is 19.2 Å². The highest BCUT2D eigenvalue weighted by Gasteiger charge is 2.22. The van der Waals surface area contributed by atoms with Gasteiger partial charge in [-0.25, -0.2) is 0 Å². The second-order valence-corrected chi connectivity index (χ2v) is 6.85. The Hall–Kier alpha value is -1.84. The fourth-order valence-corrected chi connectivity index (χ4v) is 3.13. The number of hydrogen-bond donors (Lipinski definition) is 2. The van der Waals surface area contributed by atoms with Crippen LogP contribution in [0.4, 0.5) is 0 Å². The Morgan fingerprint density at radius 1 is 1.36 bits per heavy atom. The summed E-state index contributed by atoms with van der Waals surface area (Å²) in [6.45, 7) is 8.58. The van der Waals surface area contributed by atoms with Gasteiger partial charge in [0.15, 0.2) is 5.96 Å². The maximum absolute atomic E-state index is 5.78. The summed E-state index contributed by atoms with van der Waals surface area (Å²) in [6, 6.07) is 8.77. The zero-order chi connectivity index (χ0) is 19.1. The van der Waals surface area contributed by atoms with Crippen molar-refractivity contribution in [3.8, 4) is 5.75 Å². The van der Waals surface area contributed by atoms with Crippen molar-refractivity contribution in [3.63, 3.8) is 0 Å². The molecule has 28 heavy (non-hydrogen) atoms. The van der Waals surface area contributed by atoms with E-state index in [2.05, 4.69) is 58.3 Å². The smallest absolute Gasteiger partial charge is 0.192 e. The highest BCUT2D eigenvalue weighted by molar-refractivity contribution is 14.0. The summed E-state index contributed by atoms with van der Waals surface area (Å²) in [5.74, 6) is 2.80. The Labute approximate surface area is 184 Å². The van der Waals surface area contributed by atoms with Crippen LogP contribution in [0.15, 0.2) is 35.6 Å². The van der Waals surface area contributed by atoms with Crippen LogP contribution in [-0.2, 0) is 13.0 Å². The predicted molar refractivity (Wildman–Crippen MR) is 122 cm³/mol. The van der Waals surface area contributed by atoms with Gasteiger partial charge in [0.25, 0.3) is 0 Å². The largest absolute Gasteiger partial charge is 0.493 e. The molecule has 0 saturated carbocycles. The molecule has 1 aliphatic rings. The van der Waals surface area contributed by atoms with Crippen LogP contribution in [0.3, 0.4) is 0 Å². The van der Waals surface area contributed by atoms with Gasteiger partial charge in [0, 0.05) is 31.0 Å². The number of nitrogens with zero attached hydrogens (tertiary/aromatic N) is 4. The number of halogens is 1. The van der Waals surface area contributed by atoms with Crippen molar-refractivity contribution in [2.24, 2.45) is 4.99 Å². The molecule has 2 atom stereocenters. The van der Waals surface area contributed by atoms with Gasteiger partial charge in [-0.15, -0.1) is 34.2 Å². The van der Waals surface area contributed by atoms with E-state index in [1.807, 2.05) is 12.1 Å². The summed E-state index contributed by atoms with van der Waals surface area (Å²) in [4.78, 5) is 4.81. The van der Waals surface area contributed by atoms with Gasteiger partial charge in [0.2, 0.25) is 0 Å². The van der Waals surface area contributed by atoms with Crippen molar-refractivity contribution in [1.29, 1.82) is 0 Å². The number of aryl methyl sites for hydroxylation is 1. The van der Waals surface area contributed by atoms with Gasteiger partial charge in [0.1, 0.15) is 17.9 Å². The normalized spacial score (nSPS) is 17.1. The minimum absolute atomic E-state index is 0. The molecule has 7 nitrogen and oxygen atoms in total. The van der Waals surface area contributed by atoms with Crippen molar-refractivity contribution in [3.05, 3.63) is 42.0 Å². The van der Waals surface area contributed by atoms with Gasteiger partial charge in [-0.1, -0.05) is 32.0 Å². The number of rotatable bonds is 7. The average Bonchev–Trinajstić information content (AvgIpc) is 3.15. The number of para-hydroxylation sites is 1. The van der Waals surface area contributed by atoms with Gasteiger partial charge in [-0.3, -0.25) is 4.99 Å². The zero-order valence-electron chi connectivity index (χ0n) is 16.9. The molecule has 0 amide bonds. The molecule has 1 aliphatic heterocycles. The molecule has 8 heteroatoms. The monoisotopic (exact) mass is 498 g/mol. The van der Waals surface area contributed by atoms with Gasteiger partial charge in [0.05, 0.1) is 19.2 Å². The molecule has 0 aliphatic carbocycles. The van der Waals surface area contributed by atoms with Crippen molar-refractivity contribution in [2.75, 3.05) is 13.2 Å². The van der Waals surface area contributed by atoms with Crippen LogP contribution >= 0.6 is 24.0 Å². The SMILES string of the molecule is CCc1nncn1CCN=C(NC(C)CC)NC1CCOc2ccccc21.I. The van der Waals surface area contributed by atoms with E-state index in [0.717, 1.165) is 43.3 Å². The molecule has 2 aromatic rings. The summed E-state index contributed by atoms with van der Waals surface area (Å²) in [7, 11) is 0. The van der Waals surface area contributed by atoms with Gasteiger partial charge < -0.3 is 19.9 Å². The number of ether oxygens (including phenoxy) is 1. The second kappa shape index (κ2) is 11.2. The molecule has 1 aromatic carbocycles. The van der Waals surface area contributed by atoms with Crippen LogP contribution in [0.25, 0.3) is 0 Å². The van der Waals surface area contributed by atoms with Gasteiger partial charge >= 0.3 is 0 Å². The first-order chi connectivity index (χ1) is 13.2. The highest BCUT2D eigenvalue weighted by atomic mass is 127. The summed E-state index contributed by atoms with van der Waals surface area (Å²) in [5, 5.41) is 15.2. The number of aliphatic imine (C=N–C) groups is 1. The standard InChI is InChI=1S/C20H30N6O.HI/c1-4-15(3)23-20(21-11-12-26-14-22-25-19(26)5-2)24-17-10-13-27-18-9-7-6-8-16(17)18;/h6-9,14-15,17H,4-5,10-13H2,1-3H3,(H2,21,23,24);1H. The quantitative estimate of drug-likeness (QED) is 0.348. The van der Waals surface area contributed by atoms with E-state index in [1.54, 1.807) is 6.33 Å². The number of nitrogens with one attached hydrogen (secondary N) is 2. The molecule has 1 aromatic heterocycles. The fraction of sp³-hybridized carbons (Fsp3) is 0.550.